The van der Waals surface area contributed by atoms with Crippen molar-refractivity contribution in [2.75, 3.05) is 18.5 Å². The van der Waals surface area contributed by atoms with E-state index in [0.717, 1.165) is 4.88 Å². The third kappa shape index (κ3) is 3.97. The molecule has 3 heterocycles. The molecule has 0 amide bonds. The normalized spacial score (nSPS) is 14.9. The van der Waals surface area contributed by atoms with Gasteiger partial charge in [-0.25, -0.2) is 4.39 Å². The summed E-state index contributed by atoms with van der Waals surface area (Å²) < 4.78 is 22.6. The first-order chi connectivity index (χ1) is 13.6. The second-order valence-corrected chi connectivity index (χ2v) is 8.38. The number of nitrogens with one attached hydrogen (secondary N) is 1. The molecule has 8 heteroatoms. The second-order valence-electron chi connectivity index (χ2n) is 6.58. The summed E-state index contributed by atoms with van der Waals surface area (Å²) >= 11 is 7.37. The molecule has 1 saturated heterocycles. The van der Waals surface area contributed by atoms with Crippen LogP contribution in [0.2, 0.25) is 4.34 Å². The van der Waals surface area contributed by atoms with E-state index < -0.39 is 5.82 Å². The lowest BCUT2D eigenvalue weighted by molar-refractivity contribution is 0.0801. The molecule has 1 N–H and O–H groups in total. The average Bonchev–Trinajstić information content (AvgIpc) is 3.30. The number of aromatic nitrogens is 2. The molecular formula is C20H19ClFN3O2S. The van der Waals surface area contributed by atoms with Crippen LogP contribution >= 0.6 is 22.9 Å². The van der Waals surface area contributed by atoms with Gasteiger partial charge in [0.1, 0.15) is 0 Å². The van der Waals surface area contributed by atoms with Crippen molar-refractivity contribution in [1.29, 1.82) is 0 Å². The monoisotopic (exact) mass is 419 g/mol. The molecule has 0 radical (unpaired) electrons. The highest BCUT2D eigenvalue weighted by atomic mass is 35.5. The molecule has 0 saturated carbocycles. The number of carbonyl (C=O) groups is 1. The van der Waals surface area contributed by atoms with Crippen LogP contribution in [0.15, 0.2) is 42.5 Å². The number of benzene rings is 1. The number of hydrogen-bond acceptors (Lipinski definition) is 5. The first kappa shape index (κ1) is 19.1. The fraction of sp³-hybridized carbons (Fsp3) is 0.300. The van der Waals surface area contributed by atoms with E-state index in [2.05, 4.69) is 10.4 Å². The number of halogens is 2. The fourth-order valence-electron chi connectivity index (χ4n) is 3.32. The van der Waals surface area contributed by atoms with E-state index in [-0.39, 0.29) is 17.6 Å². The van der Waals surface area contributed by atoms with Gasteiger partial charge in [0.05, 0.1) is 16.6 Å². The van der Waals surface area contributed by atoms with E-state index in [0.29, 0.717) is 48.2 Å². The van der Waals surface area contributed by atoms with Crippen LogP contribution in [0.1, 0.15) is 39.7 Å². The van der Waals surface area contributed by atoms with Gasteiger partial charge < -0.3 is 10.1 Å². The van der Waals surface area contributed by atoms with Crippen molar-refractivity contribution in [2.45, 2.75) is 25.3 Å². The first-order valence-corrected chi connectivity index (χ1v) is 10.3. The van der Waals surface area contributed by atoms with Crippen LogP contribution < -0.4 is 5.32 Å². The Morgan fingerprint density at radius 3 is 2.68 bits per heavy atom. The molecule has 1 fully saturated rings. The van der Waals surface area contributed by atoms with Crippen LogP contribution in [0.5, 0.6) is 0 Å². The van der Waals surface area contributed by atoms with Gasteiger partial charge in [0.25, 0.3) is 5.91 Å². The molecule has 0 atom stereocenters. The quantitative estimate of drug-likeness (QED) is 0.637. The van der Waals surface area contributed by atoms with Gasteiger partial charge in [-0.05, 0) is 37.1 Å². The molecule has 2 aromatic heterocycles. The van der Waals surface area contributed by atoms with Crippen molar-refractivity contribution in [1.82, 2.24) is 9.78 Å². The Bertz CT molecular complexity index is 967. The molecule has 146 valence electrons. The third-order valence-electron chi connectivity index (χ3n) is 4.74. The summed E-state index contributed by atoms with van der Waals surface area (Å²) in [7, 11) is 0. The summed E-state index contributed by atoms with van der Waals surface area (Å²) in [5.74, 6) is -0.844. The predicted molar refractivity (Wildman–Crippen MR) is 108 cm³/mol. The van der Waals surface area contributed by atoms with Gasteiger partial charge in [0, 0.05) is 29.6 Å². The van der Waals surface area contributed by atoms with Crippen LogP contribution in [-0.2, 0) is 11.3 Å². The van der Waals surface area contributed by atoms with Gasteiger partial charge in [-0.1, -0.05) is 29.8 Å². The second kappa shape index (κ2) is 8.43. The van der Waals surface area contributed by atoms with E-state index >= 15 is 4.39 Å². The Labute approximate surface area is 171 Å². The van der Waals surface area contributed by atoms with E-state index in [1.165, 1.54) is 16.0 Å². The zero-order valence-corrected chi connectivity index (χ0v) is 16.6. The molecule has 4 rings (SSSR count). The Morgan fingerprint density at radius 1 is 1.25 bits per heavy atom. The fourth-order valence-corrected chi connectivity index (χ4v) is 4.35. The maximum absolute atomic E-state index is 15.3. The highest BCUT2D eigenvalue weighted by Crippen LogP contribution is 2.33. The summed E-state index contributed by atoms with van der Waals surface area (Å²) in [5, 5.41) is 7.31. The maximum Gasteiger partial charge on any atom is 0.278 e. The lowest BCUT2D eigenvalue weighted by Gasteiger charge is -2.22. The smallest absolute Gasteiger partial charge is 0.278 e. The summed E-state index contributed by atoms with van der Waals surface area (Å²) in [6.07, 6.45) is 1.31. The zero-order valence-electron chi connectivity index (χ0n) is 15.0. The van der Waals surface area contributed by atoms with Crippen LogP contribution in [0.4, 0.5) is 10.2 Å². The zero-order chi connectivity index (χ0) is 19.5. The molecular weight excluding hydrogens is 401 g/mol. The summed E-state index contributed by atoms with van der Waals surface area (Å²) in [4.78, 5) is 14.0. The van der Waals surface area contributed by atoms with Crippen molar-refractivity contribution in [3.05, 3.63) is 68.8 Å². The van der Waals surface area contributed by atoms with Gasteiger partial charge >= 0.3 is 0 Å². The predicted octanol–water partition coefficient (Wildman–Crippen LogP) is 4.93. The lowest BCUT2D eigenvalue weighted by atomic mass is 9.96. The molecule has 5 nitrogen and oxygen atoms in total. The topological polar surface area (TPSA) is 56.2 Å². The van der Waals surface area contributed by atoms with Gasteiger partial charge in [0.2, 0.25) is 0 Å². The minimum atomic E-state index is -0.473. The SMILES string of the molecule is O=C(c1ccccc1)n1nc(NCc2ccc(Cl)s2)c(F)c1C1CCOCC1. The van der Waals surface area contributed by atoms with E-state index in [9.17, 15) is 4.79 Å². The first-order valence-electron chi connectivity index (χ1n) is 9.07. The third-order valence-corrected chi connectivity index (χ3v) is 5.97. The molecule has 3 aromatic rings. The van der Waals surface area contributed by atoms with Crippen LogP contribution in [0, 0.1) is 5.82 Å². The number of hydrogen-bond donors (Lipinski definition) is 1. The minimum Gasteiger partial charge on any atom is -0.381 e. The van der Waals surface area contributed by atoms with Gasteiger partial charge in [-0.2, -0.15) is 4.68 Å². The Morgan fingerprint density at radius 2 is 2.00 bits per heavy atom. The van der Waals surface area contributed by atoms with Crippen molar-refractivity contribution < 1.29 is 13.9 Å². The van der Waals surface area contributed by atoms with Crippen LogP contribution in [0.3, 0.4) is 0 Å². The van der Waals surface area contributed by atoms with E-state index in [4.69, 9.17) is 16.3 Å². The molecule has 1 aliphatic heterocycles. The lowest BCUT2D eigenvalue weighted by Crippen LogP contribution is -2.23. The van der Waals surface area contributed by atoms with Crippen molar-refractivity contribution >= 4 is 34.7 Å². The van der Waals surface area contributed by atoms with E-state index in [1.807, 2.05) is 12.1 Å². The minimum absolute atomic E-state index is 0.0790. The Balaban J connectivity index is 1.67. The molecule has 0 spiro atoms. The maximum atomic E-state index is 15.3. The van der Waals surface area contributed by atoms with Crippen LogP contribution in [0.25, 0.3) is 0 Å². The van der Waals surface area contributed by atoms with Gasteiger partial charge in [0.15, 0.2) is 11.6 Å². The Kier molecular flexibility index (Phi) is 5.75. The number of rotatable bonds is 5. The number of ether oxygens (including phenoxy) is 1. The number of anilines is 1. The van der Waals surface area contributed by atoms with Gasteiger partial charge in [-0.15, -0.1) is 16.4 Å². The number of nitrogens with zero attached hydrogens (tertiary/aromatic N) is 2. The average molecular weight is 420 g/mol. The standard InChI is InChI=1S/C20H19ClFN3O2S/c21-16-7-6-15(28-16)12-23-19-17(22)18(13-8-10-27-11-9-13)25(24-19)20(26)14-4-2-1-3-5-14/h1-7,13H,8-12H2,(H,23,24). The molecule has 0 unspecified atom stereocenters. The summed E-state index contributed by atoms with van der Waals surface area (Å²) in [5.41, 5.74) is 0.791. The molecule has 1 aromatic carbocycles. The van der Waals surface area contributed by atoms with Gasteiger partial charge in [-0.3, -0.25) is 4.79 Å². The molecule has 1 aliphatic rings. The van der Waals surface area contributed by atoms with Crippen molar-refractivity contribution in [2.24, 2.45) is 0 Å². The molecule has 28 heavy (non-hydrogen) atoms. The highest BCUT2D eigenvalue weighted by Gasteiger charge is 2.30. The number of thiophene rings is 1. The largest absolute Gasteiger partial charge is 0.381 e. The number of carbonyl (C=O) groups excluding carboxylic acids is 1. The van der Waals surface area contributed by atoms with E-state index in [1.54, 1.807) is 30.3 Å². The van der Waals surface area contributed by atoms with Crippen molar-refractivity contribution in [3.8, 4) is 0 Å². The van der Waals surface area contributed by atoms with Crippen LogP contribution in [-0.4, -0.2) is 28.9 Å². The summed E-state index contributed by atoms with van der Waals surface area (Å²) in [6.45, 7) is 1.48. The molecule has 0 bridgehead atoms. The van der Waals surface area contributed by atoms with Crippen molar-refractivity contribution in [3.63, 3.8) is 0 Å². The Hall–Kier alpha value is -2.22. The highest BCUT2D eigenvalue weighted by molar-refractivity contribution is 7.16. The summed E-state index contributed by atoms with van der Waals surface area (Å²) in [6, 6.07) is 12.5. The molecule has 0 aliphatic carbocycles.